The van der Waals surface area contributed by atoms with E-state index in [9.17, 15) is 4.79 Å². The maximum Gasteiger partial charge on any atom is 0.228 e. The van der Waals surface area contributed by atoms with Gasteiger partial charge in [-0.05, 0) is 44.2 Å². The van der Waals surface area contributed by atoms with Gasteiger partial charge in [-0.25, -0.2) is 0 Å². The van der Waals surface area contributed by atoms with Crippen LogP contribution in [-0.2, 0) is 17.8 Å². The number of hydrogen-bond acceptors (Lipinski definition) is 2. The largest absolute Gasteiger partial charge is 0.496 e. The van der Waals surface area contributed by atoms with Crippen LogP contribution in [0.1, 0.15) is 18.2 Å². The van der Waals surface area contributed by atoms with Crippen molar-refractivity contribution in [1.29, 1.82) is 0 Å². The highest BCUT2D eigenvalue weighted by molar-refractivity contribution is 5.95. The minimum Gasteiger partial charge on any atom is -0.496 e. The van der Waals surface area contributed by atoms with E-state index < -0.39 is 0 Å². The molecule has 0 radical (unpaired) electrons. The Morgan fingerprint density at radius 2 is 1.96 bits per heavy atom. The first-order chi connectivity index (χ1) is 11.6. The van der Waals surface area contributed by atoms with Crippen molar-refractivity contribution in [1.82, 2.24) is 4.57 Å². The average Bonchev–Trinajstić information content (AvgIpc) is 2.89. The number of aromatic nitrogens is 1. The molecule has 0 saturated carbocycles. The second kappa shape index (κ2) is 6.79. The first-order valence-corrected chi connectivity index (χ1v) is 8.14. The molecule has 0 atom stereocenters. The Kier molecular flexibility index (Phi) is 4.56. The Balaban J connectivity index is 1.78. The number of carbonyl (C=O) groups excluding carboxylic acids is 1. The smallest absolute Gasteiger partial charge is 0.228 e. The highest BCUT2D eigenvalue weighted by Gasteiger charge is 2.10. The number of methoxy groups -OCH3 is 1. The number of nitrogens with one attached hydrogen (secondary N) is 1. The van der Waals surface area contributed by atoms with Gasteiger partial charge >= 0.3 is 0 Å². The van der Waals surface area contributed by atoms with Gasteiger partial charge in [0.25, 0.3) is 0 Å². The van der Waals surface area contributed by atoms with Gasteiger partial charge in [-0.1, -0.05) is 18.2 Å². The van der Waals surface area contributed by atoms with E-state index in [4.69, 9.17) is 4.74 Å². The zero-order chi connectivity index (χ0) is 17.1. The van der Waals surface area contributed by atoms with Crippen LogP contribution in [0.5, 0.6) is 5.75 Å². The van der Waals surface area contributed by atoms with Gasteiger partial charge in [-0.3, -0.25) is 4.79 Å². The minimum atomic E-state index is -0.0505. The number of rotatable bonds is 5. The summed E-state index contributed by atoms with van der Waals surface area (Å²) in [6.45, 7) is 5.17. The second-order valence-corrected chi connectivity index (χ2v) is 5.84. The van der Waals surface area contributed by atoms with Crippen LogP contribution in [0.4, 0.5) is 5.69 Å². The van der Waals surface area contributed by atoms with Crippen LogP contribution < -0.4 is 10.1 Å². The number of amides is 1. The average molecular weight is 322 g/mol. The number of para-hydroxylation sites is 1. The molecule has 1 heterocycles. The van der Waals surface area contributed by atoms with Gasteiger partial charge in [0.2, 0.25) is 5.91 Å². The van der Waals surface area contributed by atoms with Gasteiger partial charge in [0.05, 0.1) is 13.5 Å². The van der Waals surface area contributed by atoms with E-state index in [1.54, 1.807) is 7.11 Å². The topological polar surface area (TPSA) is 43.3 Å². The van der Waals surface area contributed by atoms with Crippen LogP contribution in [0.3, 0.4) is 0 Å². The SMILES string of the molecule is CCn1c(C)cc2cc(NC(=O)Cc3ccccc3OC)ccc21. The third-order valence-corrected chi connectivity index (χ3v) is 4.25. The molecule has 0 fully saturated rings. The predicted octanol–water partition coefficient (Wildman–Crippen LogP) is 4.16. The van der Waals surface area contributed by atoms with Crippen LogP contribution >= 0.6 is 0 Å². The molecule has 0 bridgehead atoms. The summed E-state index contributed by atoms with van der Waals surface area (Å²) in [6.07, 6.45) is 0.289. The predicted molar refractivity (Wildman–Crippen MR) is 97.7 cm³/mol. The molecule has 4 heteroatoms. The van der Waals surface area contributed by atoms with Crippen molar-refractivity contribution in [2.45, 2.75) is 26.8 Å². The lowest BCUT2D eigenvalue weighted by Crippen LogP contribution is -2.14. The monoisotopic (exact) mass is 322 g/mol. The maximum absolute atomic E-state index is 12.3. The fourth-order valence-electron chi connectivity index (χ4n) is 3.13. The summed E-state index contributed by atoms with van der Waals surface area (Å²) >= 11 is 0. The van der Waals surface area contributed by atoms with E-state index in [1.807, 2.05) is 36.4 Å². The standard InChI is InChI=1S/C20H22N2O2/c1-4-22-14(2)11-16-12-17(9-10-18(16)22)21-20(23)13-15-7-5-6-8-19(15)24-3/h5-12H,4,13H2,1-3H3,(H,21,23). The Morgan fingerprint density at radius 1 is 1.17 bits per heavy atom. The maximum atomic E-state index is 12.3. The summed E-state index contributed by atoms with van der Waals surface area (Å²) in [5.41, 5.74) is 4.12. The van der Waals surface area contributed by atoms with Gasteiger partial charge in [-0.15, -0.1) is 0 Å². The van der Waals surface area contributed by atoms with E-state index in [2.05, 4.69) is 35.9 Å². The number of anilines is 1. The van der Waals surface area contributed by atoms with Gasteiger partial charge in [0.1, 0.15) is 5.75 Å². The van der Waals surface area contributed by atoms with E-state index in [1.165, 1.54) is 11.2 Å². The van der Waals surface area contributed by atoms with Crippen molar-refractivity contribution < 1.29 is 9.53 Å². The zero-order valence-corrected chi connectivity index (χ0v) is 14.3. The molecule has 124 valence electrons. The Morgan fingerprint density at radius 3 is 2.71 bits per heavy atom. The summed E-state index contributed by atoms with van der Waals surface area (Å²) in [5, 5.41) is 4.12. The molecular formula is C20H22N2O2. The molecule has 3 aromatic rings. The summed E-state index contributed by atoms with van der Waals surface area (Å²) in [7, 11) is 1.62. The van der Waals surface area contributed by atoms with Crippen molar-refractivity contribution in [3.63, 3.8) is 0 Å². The van der Waals surface area contributed by atoms with Crippen LogP contribution in [0, 0.1) is 6.92 Å². The van der Waals surface area contributed by atoms with Gasteiger partial charge < -0.3 is 14.6 Å². The molecule has 1 amide bonds. The van der Waals surface area contributed by atoms with Gasteiger partial charge in [0.15, 0.2) is 0 Å². The molecule has 0 unspecified atom stereocenters. The highest BCUT2D eigenvalue weighted by atomic mass is 16.5. The molecule has 1 N–H and O–H groups in total. The lowest BCUT2D eigenvalue weighted by Gasteiger charge is -2.09. The molecule has 0 aliphatic rings. The number of ether oxygens (including phenoxy) is 1. The van der Waals surface area contributed by atoms with E-state index in [-0.39, 0.29) is 12.3 Å². The number of hydrogen-bond donors (Lipinski definition) is 1. The first-order valence-electron chi connectivity index (χ1n) is 8.14. The summed E-state index contributed by atoms with van der Waals surface area (Å²) in [5.74, 6) is 0.684. The van der Waals surface area contributed by atoms with Crippen LogP contribution in [0.15, 0.2) is 48.5 Å². The molecule has 4 nitrogen and oxygen atoms in total. The molecule has 0 spiro atoms. The number of nitrogens with zero attached hydrogens (tertiary/aromatic N) is 1. The van der Waals surface area contributed by atoms with E-state index in [0.29, 0.717) is 0 Å². The Bertz CT molecular complexity index is 880. The molecule has 3 rings (SSSR count). The normalized spacial score (nSPS) is 10.8. The van der Waals surface area contributed by atoms with Gasteiger partial charge in [0, 0.05) is 34.4 Å². The molecule has 0 aliphatic carbocycles. The lowest BCUT2D eigenvalue weighted by molar-refractivity contribution is -0.115. The molecule has 24 heavy (non-hydrogen) atoms. The fourth-order valence-corrected chi connectivity index (χ4v) is 3.13. The number of carbonyl (C=O) groups is 1. The van der Waals surface area contributed by atoms with Crippen molar-refractivity contribution in [3.8, 4) is 5.75 Å². The molecule has 0 saturated heterocycles. The van der Waals surface area contributed by atoms with Crippen molar-refractivity contribution in [3.05, 3.63) is 59.8 Å². The summed E-state index contributed by atoms with van der Waals surface area (Å²) in [6, 6.07) is 15.8. The van der Waals surface area contributed by atoms with Crippen LogP contribution in [0.25, 0.3) is 10.9 Å². The van der Waals surface area contributed by atoms with Crippen LogP contribution in [0.2, 0.25) is 0 Å². The van der Waals surface area contributed by atoms with E-state index in [0.717, 1.165) is 28.9 Å². The minimum absolute atomic E-state index is 0.0505. The second-order valence-electron chi connectivity index (χ2n) is 5.84. The first kappa shape index (κ1) is 16.1. The summed E-state index contributed by atoms with van der Waals surface area (Å²) < 4.78 is 7.56. The number of fused-ring (bicyclic) bond motifs is 1. The van der Waals surface area contributed by atoms with Crippen molar-refractivity contribution in [2.24, 2.45) is 0 Å². The molecule has 1 aromatic heterocycles. The van der Waals surface area contributed by atoms with Gasteiger partial charge in [-0.2, -0.15) is 0 Å². The van der Waals surface area contributed by atoms with Crippen molar-refractivity contribution in [2.75, 3.05) is 12.4 Å². The van der Waals surface area contributed by atoms with Crippen molar-refractivity contribution >= 4 is 22.5 Å². The Hall–Kier alpha value is -2.75. The number of benzene rings is 2. The molecule has 0 aliphatic heterocycles. The Labute approximate surface area is 142 Å². The third-order valence-electron chi connectivity index (χ3n) is 4.25. The summed E-state index contributed by atoms with van der Waals surface area (Å²) in [4.78, 5) is 12.3. The van der Waals surface area contributed by atoms with E-state index >= 15 is 0 Å². The zero-order valence-electron chi connectivity index (χ0n) is 14.3. The highest BCUT2D eigenvalue weighted by Crippen LogP contribution is 2.24. The quantitative estimate of drug-likeness (QED) is 0.766. The molecular weight excluding hydrogens is 300 g/mol. The molecule has 2 aromatic carbocycles. The fraction of sp³-hybridized carbons (Fsp3) is 0.250. The van der Waals surface area contributed by atoms with Crippen LogP contribution in [-0.4, -0.2) is 17.6 Å². The lowest BCUT2D eigenvalue weighted by atomic mass is 10.1. The number of aryl methyl sites for hydroxylation is 2. The third kappa shape index (κ3) is 3.13.